The predicted octanol–water partition coefficient (Wildman–Crippen LogP) is 3.46. The van der Waals surface area contributed by atoms with Gasteiger partial charge in [0, 0.05) is 18.8 Å². The Morgan fingerprint density at radius 1 is 1.37 bits per heavy atom. The van der Waals surface area contributed by atoms with E-state index in [-0.39, 0.29) is 0 Å². The molecule has 0 saturated carbocycles. The Balaban J connectivity index is 2.21. The molecule has 0 aliphatic rings. The molecular formula is C13H22F3N3. The largest absolute Gasteiger partial charge is 0.419 e. The van der Waals surface area contributed by atoms with Crippen LogP contribution in [0.2, 0.25) is 0 Å². The van der Waals surface area contributed by atoms with Crippen molar-refractivity contribution < 1.29 is 13.2 Å². The van der Waals surface area contributed by atoms with Crippen molar-refractivity contribution in [2.45, 2.75) is 58.3 Å². The summed E-state index contributed by atoms with van der Waals surface area (Å²) in [5, 5.41) is 7.11. The molecule has 1 unspecified atom stereocenters. The van der Waals surface area contributed by atoms with Crippen molar-refractivity contribution >= 4 is 0 Å². The first-order chi connectivity index (χ1) is 8.93. The number of aromatic nitrogens is 2. The molecule has 6 heteroatoms. The van der Waals surface area contributed by atoms with Gasteiger partial charge in [0.15, 0.2) is 0 Å². The molecule has 0 spiro atoms. The highest BCUT2D eigenvalue weighted by molar-refractivity contribution is 5.08. The Bertz CT molecular complexity index is 360. The van der Waals surface area contributed by atoms with Gasteiger partial charge in [-0.15, -0.1) is 0 Å². The van der Waals surface area contributed by atoms with E-state index in [9.17, 15) is 13.2 Å². The molecule has 0 radical (unpaired) electrons. The van der Waals surface area contributed by atoms with Gasteiger partial charge in [0.2, 0.25) is 0 Å². The van der Waals surface area contributed by atoms with Crippen LogP contribution in [0.15, 0.2) is 12.4 Å². The van der Waals surface area contributed by atoms with Crippen LogP contribution in [-0.4, -0.2) is 22.4 Å². The first-order valence-electron chi connectivity index (χ1n) is 6.76. The molecule has 110 valence electrons. The van der Waals surface area contributed by atoms with E-state index < -0.39 is 11.7 Å². The standard InChI is InChI=1S/C13H22F3N3/c1-3-7-17-11(2)6-4-5-8-19-10-12(9-18-19)13(14,15)16/h9-11,17H,3-8H2,1-2H3. The molecule has 0 aliphatic carbocycles. The van der Waals surface area contributed by atoms with E-state index in [2.05, 4.69) is 24.3 Å². The minimum atomic E-state index is -4.29. The van der Waals surface area contributed by atoms with E-state index >= 15 is 0 Å². The molecule has 1 heterocycles. The highest BCUT2D eigenvalue weighted by Crippen LogP contribution is 2.28. The summed E-state index contributed by atoms with van der Waals surface area (Å²) in [5.74, 6) is 0. The maximum Gasteiger partial charge on any atom is 0.419 e. The molecule has 1 aromatic heterocycles. The van der Waals surface area contributed by atoms with Crippen molar-refractivity contribution in [1.29, 1.82) is 0 Å². The van der Waals surface area contributed by atoms with E-state index in [4.69, 9.17) is 0 Å². The van der Waals surface area contributed by atoms with Gasteiger partial charge in [-0.3, -0.25) is 4.68 Å². The molecule has 0 aliphatic heterocycles. The van der Waals surface area contributed by atoms with Crippen LogP contribution in [0.4, 0.5) is 13.2 Å². The van der Waals surface area contributed by atoms with Crippen LogP contribution >= 0.6 is 0 Å². The van der Waals surface area contributed by atoms with Crippen LogP contribution < -0.4 is 5.32 Å². The van der Waals surface area contributed by atoms with E-state index in [1.54, 1.807) is 0 Å². The summed E-state index contributed by atoms with van der Waals surface area (Å²) >= 11 is 0. The molecule has 1 aromatic rings. The lowest BCUT2D eigenvalue weighted by molar-refractivity contribution is -0.137. The summed E-state index contributed by atoms with van der Waals surface area (Å²) in [4.78, 5) is 0. The highest BCUT2D eigenvalue weighted by Gasteiger charge is 2.32. The third kappa shape index (κ3) is 6.09. The predicted molar refractivity (Wildman–Crippen MR) is 68.8 cm³/mol. The zero-order chi connectivity index (χ0) is 14.3. The molecule has 3 nitrogen and oxygen atoms in total. The summed E-state index contributed by atoms with van der Waals surface area (Å²) in [5.41, 5.74) is -0.675. The summed E-state index contributed by atoms with van der Waals surface area (Å²) in [6, 6.07) is 0.461. The zero-order valence-electron chi connectivity index (χ0n) is 11.5. The summed E-state index contributed by atoms with van der Waals surface area (Å²) < 4.78 is 38.4. The first kappa shape index (κ1) is 16.0. The Kier molecular flexibility index (Phi) is 6.34. The van der Waals surface area contributed by atoms with Crippen LogP contribution in [0.3, 0.4) is 0 Å². The average Bonchev–Trinajstić information content (AvgIpc) is 2.80. The first-order valence-corrected chi connectivity index (χ1v) is 6.76. The third-order valence-corrected chi connectivity index (χ3v) is 2.98. The number of nitrogens with zero attached hydrogens (tertiary/aromatic N) is 2. The van der Waals surface area contributed by atoms with Gasteiger partial charge in [-0.25, -0.2) is 0 Å². The zero-order valence-corrected chi connectivity index (χ0v) is 11.5. The van der Waals surface area contributed by atoms with Crippen LogP contribution in [0.5, 0.6) is 0 Å². The molecule has 1 N–H and O–H groups in total. The molecule has 0 saturated heterocycles. The van der Waals surface area contributed by atoms with Crippen molar-refractivity contribution in [2.75, 3.05) is 6.54 Å². The van der Waals surface area contributed by atoms with Crippen LogP contribution in [0, 0.1) is 0 Å². The number of nitrogens with one attached hydrogen (secondary N) is 1. The van der Waals surface area contributed by atoms with Crippen LogP contribution in [0.25, 0.3) is 0 Å². The maximum absolute atomic E-state index is 12.4. The lowest BCUT2D eigenvalue weighted by Gasteiger charge is -2.12. The van der Waals surface area contributed by atoms with Crippen molar-refractivity contribution in [1.82, 2.24) is 15.1 Å². The normalized spacial score (nSPS) is 13.7. The fraction of sp³-hybridized carbons (Fsp3) is 0.769. The quantitative estimate of drug-likeness (QED) is 0.737. The van der Waals surface area contributed by atoms with E-state index in [0.717, 1.165) is 44.6 Å². The summed E-state index contributed by atoms with van der Waals surface area (Å²) in [7, 11) is 0. The van der Waals surface area contributed by atoms with Gasteiger partial charge in [0.1, 0.15) is 0 Å². The van der Waals surface area contributed by atoms with Gasteiger partial charge in [0.25, 0.3) is 0 Å². The minimum Gasteiger partial charge on any atom is -0.314 e. The Morgan fingerprint density at radius 3 is 2.68 bits per heavy atom. The van der Waals surface area contributed by atoms with Crippen molar-refractivity contribution in [3.63, 3.8) is 0 Å². The van der Waals surface area contributed by atoms with E-state index in [1.165, 1.54) is 4.68 Å². The lowest BCUT2D eigenvalue weighted by Crippen LogP contribution is -2.26. The fourth-order valence-electron chi connectivity index (χ4n) is 1.85. The number of hydrogen-bond donors (Lipinski definition) is 1. The third-order valence-electron chi connectivity index (χ3n) is 2.98. The fourth-order valence-corrected chi connectivity index (χ4v) is 1.85. The number of alkyl halides is 3. The second-order valence-corrected chi connectivity index (χ2v) is 4.84. The molecule has 0 fully saturated rings. The molecule has 1 rings (SSSR count). The molecule has 19 heavy (non-hydrogen) atoms. The molecule has 0 amide bonds. The minimum absolute atomic E-state index is 0.461. The number of halogens is 3. The van der Waals surface area contributed by atoms with Crippen molar-refractivity contribution in [3.8, 4) is 0 Å². The Morgan fingerprint density at radius 2 is 2.11 bits per heavy atom. The van der Waals surface area contributed by atoms with Gasteiger partial charge in [-0.2, -0.15) is 18.3 Å². The smallest absolute Gasteiger partial charge is 0.314 e. The van der Waals surface area contributed by atoms with Gasteiger partial charge < -0.3 is 5.32 Å². The van der Waals surface area contributed by atoms with Crippen LogP contribution in [-0.2, 0) is 12.7 Å². The summed E-state index contributed by atoms with van der Waals surface area (Å²) in [6.45, 7) is 5.80. The van der Waals surface area contributed by atoms with Gasteiger partial charge in [-0.1, -0.05) is 13.3 Å². The molecular weight excluding hydrogens is 255 g/mol. The number of hydrogen-bond acceptors (Lipinski definition) is 2. The van der Waals surface area contributed by atoms with Crippen molar-refractivity contribution in [3.05, 3.63) is 18.0 Å². The lowest BCUT2D eigenvalue weighted by atomic mass is 10.1. The van der Waals surface area contributed by atoms with Gasteiger partial charge in [-0.05, 0) is 32.7 Å². The number of unbranched alkanes of at least 4 members (excludes halogenated alkanes) is 1. The topological polar surface area (TPSA) is 29.9 Å². The SMILES string of the molecule is CCCNC(C)CCCCn1cc(C(F)(F)F)cn1. The van der Waals surface area contributed by atoms with Gasteiger partial charge >= 0.3 is 6.18 Å². The Hall–Kier alpha value is -1.04. The van der Waals surface area contributed by atoms with Crippen LogP contribution in [0.1, 0.15) is 45.1 Å². The highest BCUT2D eigenvalue weighted by atomic mass is 19.4. The molecule has 0 aromatic carbocycles. The number of rotatable bonds is 8. The van der Waals surface area contributed by atoms with Crippen molar-refractivity contribution in [2.24, 2.45) is 0 Å². The van der Waals surface area contributed by atoms with E-state index in [1.807, 2.05) is 0 Å². The van der Waals surface area contributed by atoms with Gasteiger partial charge in [0.05, 0.1) is 11.8 Å². The molecule has 0 bridgehead atoms. The second kappa shape index (κ2) is 7.53. The maximum atomic E-state index is 12.4. The second-order valence-electron chi connectivity index (χ2n) is 4.84. The number of aryl methyl sites for hydroxylation is 1. The monoisotopic (exact) mass is 277 g/mol. The van der Waals surface area contributed by atoms with E-state index in [0.29, 0.717) is 12.6 Å². The summed E-state index contributed by atoms with van der Waals surface area (Å²) in [6.07, 6.45) is 1.63. The Labute approximate surface area is 112 Å². The average molecular weight is 277 g/mol. The molecule has 1 atom stereocenters.